The normalized spacial score (nSPS) is 14.9. The van der Waals surface area contributed by atoms with Crippen LogP contribution in [0.1, 0.15) is 34.3 Å². The first-order valence-corrected chi connectivity index (χ1v) is 11.8. The van der Waals surface area contributed by atoms with Crippen LogP contribution in [-0.4, -0.2) is 56.3 Å². The average molecular weight is 452 g/mol. The number of carbonyl (C=O) groups excluding carboxylic acids is 1. The van der Waals surface area contributed by atoms with Crippen LogP contribution < -0.4 is 10.1 Å². The highest BCUT2D eigenvalue weighted by atomic mass is 32.1. The van der Waals surface area contributed by atoms with Gasteiger partial charge in [0.05, 0.1) is 24.4 Å². The van der Waals surface area contributed by atoms with Gasteiger partial charge in [-0.15, -0.1) is 11.3 Å². The van der Waals surface area contributed by atoms with Gasteiger partial charge in [-0.2, -0.15) is 0 Å². The van der Waals surface area contributed by atoms with Gasteiger partial charge in [-0.1, -0.05) is 30.3 Å². The molecule has 1 N–H and O–H groups in total. The molecule has 0 saturated carbocycles. The molecule has 2 heterocycles. The van der Waals surface area contributed by atoms with E-state index in [-0.39, 0.29) is 5.91 Å². The summed E-state index contributed by atoms with van der Waals surface area (Å²) in [7, 11) is 3.36. The summed E-state index contributed by atoms with van der Waals surface area (Å²) in [6.45, 7) is 3.82. The molecule has 1 aliphatic rings. The van der Waals surface area contributed by atoms with Crippen molar-refractivity contribution >= 4 is 22.9 Å². The van der Waals surface area contributed by atoms with Gasteiger partial charge in [0.15, 0.2) is 0 Å². The van der Waals surface area contributed by atoms with Crippen LogP contribution in [0.2, 0.25) is 0 Å². The summed E-state index contributed by atoms with van der Waals surface area (Å²) in [6.07, 6.45) is 2.12. The molecule has 1 aromatic heterocycles. The molecule has 1 amide bonds. The first-order valence-electron chi connectivity index (χ1n) is 10.9. The van der Waals surface area contributed by atoms with Crippen LogP contribution in [0.4, 0.5) is 5.69 Å². The monoisotopic (exact) mass is 451 g/mol. The second-order valence-electron chi connectivity index (χ2n) is 7.91. The standard InChI is InChI=1S/C25H29N3O3S/c1-30-15-14-28-12-10-19(11-13-28)25-27-23(17-32-25)24(29)26-22-16-20(31-2)8-9-21(22)18-6-4-3-5-7-18/h3-9,16-17,19H,10-15H2,1-2H3,(H,26,29). The maximum atomic E-state index is 13.0. The lowest BCUT2D eigenvalue weighted by Gasteiger charge is -2.30. The van der Waals surface area contributed by atoms with Crippen molar-refractivity contribution < 1.29 is 14.3 Å². The predicted molar refractivity (Wildman–Crippen MR) is 129 cm³/mol. The third-order valence-corrected chi connectivity index (χ3v) is 6.87. The van der Waals surface area contributed by atoms with Crippen molar-refractivity contribution in [1.29, 1.82) is 0 Å². The molecule has 0 atom stereocenters. The van der Waals surface area contributed by atoms with Crippen molar-refractivity contribution in [2.75, 3.05) is 45.8 Å². The number of carbonyl (C=O) groups is 1. The zero-order chi connectivity index (χ0) is 22.3. The lowest BCUT2D eigenvalue weighted by atomic mass is 9.97. The quantitative estimate of drug-likeness (QED) is 0.528. The molecule has 0 radical (unpaired) electrons. The Hall–Kier alpha value is -2.74. The molecule has 0 aliphatic carbocycles. The van der Waals surface area contributed by atoms with Crippen LogP contribution in [-0.2, 0) is 4.74 Å². The Morgan fingerprint density at radius 2 is 1.94 bits per heavy atom. The van der Waals surface area contributed by atoms with Crippen LogP contribution in [0.15, 0.2) is 53.9 Å². The molecule has 0 unspecified atom stereocenters. The summed E-state index contributed by atoms with van der Waals surface area (Å²) >= 11 is 1.58. The molecule has 7 heteroatoms. The zero-order valence-electron chi connectivity index (χ0n) is 18.5. The molecular formula is C25H29N3O3S. The fraction of sp³-hybridized carbons (Fsp3) is 0.360. The van der Waals surface area contributed by atoms with E-state index in [1.165, 1.54) is 0 Å². The van der Waals surface area contributed by atoms with Crippen LogP contribution in [0, 0.1) is 0 Å². The summed E-state index contributed by atoms with van der Waals surface area (Å²) in [6, 6.07) is 15.7. The van der Waals surface area contributed by atoms with E-state index in [4.69, 9.17) is 14.5 Å². The largest absolute Gasteiger partial charge is 0.497 e. The molecule has 32 heavy (non-hydrogen) atoms. The number of nitrogens with zero attached hydrogens (tertiary/aromatic N) is 2. The van der Waals surface area contributed by atoms with E-state index in [2.05, 4.69) is 10.2 Å². The van der Waals surface area contributed by atoms with E-state index in [0.717, 1.165) is 55.2 Å². The first-order chi connectivity index (χ1) is 15.7. The molecule has 3 aromatic rings. The number of aromatic nitrogens is 1. The topological polar surface area (TPSA) is 63.7 Å². The summed E-state index contributed by atoms with van der Waals surface area (Å²) in [5.74, 6) is 0.909. The molecule has 1 aliphatic heterocycles. The Morgan fingerprint density at radius 1 is 1.16 bits per heavy atom. The van der Waals surface area contributed by atoms with Gasteiger partial charge in [-0.25, -0.2) is 4.98 Å². The third-order valence-electron chi connectivity index (χ3n) is 5.86. The minimum atomic E-state index is -0.199. The van der Waals surface area contributed by atoms with E-state index < -0.39 is 0 Å². The highest BCUT2D eigenvalue weighted by Crippen LogP contribution is 2.33. The van der Waals surface area contributed by atoms with Crippen molar-refractivity contribution in [3.63, 3.8) is 0 Å². The number of anilines is 1. The fourth-order valence-electron chi connectivity index (χ4n) is 4.01. The Labute approximate surface area is 193 Å². The number of hydrogen-bond donors (Lipinski definition) is 1. The maximum Gasteiger partial charge on any atom is 0.275 e. The number of ether oxygens (including phenoxy) is 2. The summed E-state index contributed by atoms with van der Waals surface area (Å²) < 4.78 is 10.6. The van der Waals surface area contributed by atoms with Crippen molar-refractivity contribution in [3.8, 4) is 16.9 Å². The smallest absolute Gasteiger partial charge is 0.275 e. The molecule has 2 aromatic carbocycles. The van der Waals surface area contributed by atoms with Crippen molar-refractivity contribution in [2.24, 2.45) is 0 Å². The second kappa shape index (κ2) is 10.7. The molecule has 6 nitrogen and oxygen atoms in total. The Bertz CT molecular complexity index is 1030. The van der Waals surface area contributed by atoms with Crippen LogP contribution in [0.25, 0.3) is 11.1 Å². The van der Waals surface area contributed by atoms with Gasteiger partial charge in [-0.05, 0) is 43.6 Å². The van der Waals surface area contributed by atoms with Crippen LogP contribution in [0.5, 0.6) is 5.75 Å². The lowest BCUT2D eigenvalue weighted by molar-refractivity contribution is 0.102. The number of likely N-dealkylation sites (tertiary alicyclic amines) is 1. The van der Waals surface area contributed by atoms with E-state index in [0.29, 0.717) is 23.0 Å². The number of benzene rings is 2. The first kappa shape index (κ1) is 22.5. The van der Waals surface area contributed by atoms with Gasteiger partial charge < -0.3 is 19.7 Å². The Morgan fingerprint density at radius 3 is 2.66 bits per heavy atom. The third kappa shape index (κ3) is 5.35. The van der Waals surface area contributed by atoms with Crippen molar-refractivity contribution in [3.05, 3.63) is 64.6 Å². The molecule has 0 spiro atoms. The van der Waals surface area contributed by atoms with Gasteiger partial charge in [-0.3, -0.25) is 4.79 Å². The Kier molecular flexibility index (Phi) is 7.52. The SMILES string of the molecule is COCCN1CCC(c2nc(C(=O)Nc3cc(OC)ccc3-c3ccccc3)cs2)CC1. The van der Waals surface area contributed by atoms with Crippen molar-refractivity contribution in [2.45, 2.75) is 18.8 Å². The van der Waals surface area contributed by atoms with Gasteiger partial charge in [0, 0.05) is 36.6 Å². The molecule has 1 saturated heterocycles. The fourth-order valence-corrected chi connectivity index (χ4v) is 4.98. The van der Waals surface area contributed by atoms with E-state index in [1.54, 1.807) is 25.6 Å². The number of piperidine rings is 1. The minimum absolute atomic E-state index is 0.199. The van der Waals surface area contributed by atoms with Crippen LogP contribution >= 0.6 is 11.3 Å². The number of nitrogens with one attached hydrogen (secondary N) is 1. The molecule has 168 valence electrons. The van der Waals surface area contributed by atoms with Gasteiger partial charge in [0.25, 0.3) is 5.91 Å². The molecule has 4 rings (SSSR count). The van der Waals surface area contributed by atoms with E-state index >= 15 is 0 Å². The lowest BCUT2D eigenvalue weighted by Crippen LogP contribution is -2.35. The molecule has 1 fully saturated rings. The second-order valence-corrected chi connectivity index (χ2v) is 8.80. The van der Waals surface area contributed by atoms with Gasteiger partial charge in [0.1, 0.15) is 11.4 Å². The zero-order valence-corrected chi connectivity index (χ0v) is 19.4. The minimum Gasteiger partial charge on any atom is -0.497 e. The number of amides is 1. The number of methoxy groups -OCH3 is 2. The van der Waals surface area contributed by atoms with Gasteiger partial charge in [0.2, 0.25) is 0 Å². The summed E-state index contributed by atoms with van der Waals surface area (Å²) in [4.78, 5) is 20.2. The average Bonchev–Trinajstić information content (AvgIpc) is 3.34. The predicted octanol–water partition coefficient (Wildman–Crippen LogP) is 4.90. The summed E-state index contributed by atoms with van der Waals surface area (Å²) in [5, 5.41) is 5.97. The van der Waals surface area contributed by atoms with Crippen molar-refractivity contribution in [1.82, 2.24) is 9.88 Å². The van der Waals surface area contributed by atoms with Gasteiger partial charge >= 0.3 is 0 Å². The highest BCUT2D eigenvalue weighted by Gasteiger charge is 2.24. The van der Waals surface area contributed by atoms with E-state index in [1.807, 2.05) is 53.9 Å². The molecule has 0 bridgehead atoms. The maximum absolute atomic E-state index is 13.0. The molecular weight excluding hydrogens is 422 g/mol. The van der Waals surface area contributed by atoms with Crippen LogP contribution in [0.3, 0.4) is 0 Å². The summed E-state index contributed by atoms with van der Waals surface area (Å²) in [5.41, 5.74) is 3.15. The highest BCUT2D eigenvalue weighted by molar-refractivity contribution is 7.10. The number of hydrogen-bond acceptors (Lipinski definition) is 6. The van der Waals surface area contributed by atoms with E-state index in [9.17, 15) is 4.79 Å². The number of rotatable bonds is 8. The Balaban J connectivity index is 1.46. The number of thiazole rings is 1.